The number of aliphatic carboxylic acids is 1. The highest BCUT2D eigenvalue weighted by Gasteiger charge is 2.10. The Morgan fingerprint density at radius 1 is 1.47 bits per heavy atom. The summed E-state index contributed by atoms with van der Waals surface area (Å²) in [4.78, 5) is 10.5. The van der Waals surface area contributed by atoms with Crippen molar-refractivity contribution in [3.8, 4) is 0 Å². The Kier molecular flexibility index (Phi) is 4.60. The first-order valence-electron chi connectivity index (χ1n) is 4.43. The zero-order valence-corrected chi connectivity index (χ0v) is 11.3. The van der Waals surface area contributed by atoms with Crippen LogP contribution < -0.4 is 5.32 Å². The number of hydrogen-bond donors (Lipinski definition) is 2. The van der Waals surface area contributed by atoms with Gasteiger partial charge < -0.3 is 10.4 Å². The van der Waals surface area contributed by atoms with E-state index in [0.717, 1.165) is 14.6 Å². The summed E-state index contributed by atoms with van der Waals surface area (Å²) in [5, 5.41) is 11.8. The SMILES string of the molecule is CC(CC(=O)O)Nc1c(Br)cccc1Br. The van der Waals surface area contributed by atoms with Gasteiger partial charge in [-0.3, -0.25) is 4.79 Å². The molecule has 0 radical (unpaired) electrons. The summed E-state index contributed by atoms with van der Waals surface area (Å²) in [7, 11) is 0. The average molecular weight is 337 g/mol. The van der Waals surface area contributed by atoms with Crippen LogP contribution in [0.3, 0.4) is 0 Å². The molecule has 0 aliphatic carbocycles. The number of benzene rings is 1. The topological polar surface area (TPSA) is 49.3 Å². The molecule has 0 spiro atoms. The number of halogens is 2. The Balaban J connectivity index is 2.76. The first-order chi connectivity index (χ1) is 7.00. The van der Waals surface area contributed by atoms with Gasteiger partial charge in [0.15, 0.2) is 0 Å². The first kappa shape index (κ1) is 12.5. The molecule has 1 rings (SSSR count). The van der Waals surface area contributed by atoms with Gasteiger partial charge in [0.05, 0.1) is 12.1 Å². The molecule has 0 bridgehead atoms. The van der Waals surface area contributed by atoms with Crippen molar-refractivity contribution in [1.82, 2.24) is 0 Å². The molecule has 5 heteroatoms. The monoisotopic (exact) mass is 335 g/mol. The zero-order chi connectivity index (χ0) is 11.4. The molecule has 0 aliphatic heterocycles. The number of carboxylic acid groups (broad SMARTS) is 1. The van der Waals surface area contributed by atoms with Crippen molar-refractivity contribution < 1.29 is 9.90 Å². The normalized spacial score (nSPS) is 12.2. The van der Waals surface area contributed by atoms with Gasteiger partial charge in [0.1, 0.15) is 0 Å². The molecular formula is C10H11Br2NO2. The largest absolute Gasteiger partial charge is 0.481 e. The lowest BCUT2D eigenvalue weighted by atomic mass is 10.2. The van der Waals surface area contributed by atoms with Crippen molar-refractivity contribution in [3.05, 3.63) is 27.1 Å². The second kappa shape index (κ2) is 5.51. The molecule has 1 atom stereocenters. The van der Waals surface area contributed by atoms with Crippen LogP contribution in [0.5, 0.6) is 0 Å². The molecule has 0 saturated carbocycles. The summed E-state index contributed by atoms with van der Waals surface area (Å²) in [6.07, 6.45) is 0.0910. The van der Waals surface area contributed by atoms with Crippen molar-refractivity contribution in [2.24, 2.45) is 0 Å². The van der Waals surface area contributed by atoms with E-state index in [9.17, 15) is 4.79 Å². The van der Waals surface area contributed by atoms with Gasteiger partial charge in [0, 0.05) is 15.0 Å². The fourth-order valence-electron chi connectivity index (χ4n) is 1.20. The lowest BCUT2D eigenvalue weighted by Gasteiger charge is -2.15. The maximum Gasteiger partial charge on any atom is 0.305 e. The predicted molar refractivity (Wildman–Crippen MR) is 67.2 cm³/mol. The van der Waals surface area contributed by atoms with Crippen LogP contribution in [0.1, 0.15) is 13.3 Å². The van der Waals surface area contributed by atoms with Gasteiger partial charge in [-0.1, -0.05) is 6.07 Å². The van der Waals surface area contributed by atoms with Crippen LogP contribution >= 0.6 is 31.9 Å². The Hall–Kier alpha value is -0.550. The fraction of sp³-hybridized carbons (Fsp3) is 0.300. The highest BCUT2D eigenvalue weighted by Crippen LogP contribution is 2.31. The van der Waals surface area contributed by atoms with E-state index in [0.29, 0.717) is 0 Å². The van der Waals surface area contributed by atoms with Gasteiger partial charge >= 0.3 is 5.97 Å². The quantitative estimate of drug-likeness (QED) is 0.884. The molecule has 0 aliphatic rings. The number of para-hydroxylation sites is 1. The van der Waals surface area contributed by atoms with E-state index in [1.54, 1.807) is 0 Å². The first-order valence-corrected chi connectivity index (χ1v) is 6.01. The predicted octanol–water partition coefficient (Wildman–Crippen LogP) is 3.49. The smallest absolute Gasteiger partial charge is 0.305 e. The van der Waals surface area contributed by atoms with Crippen molar-refractivity contribution in [2.45, 2.75) is 19.4 Å². The molecule has 0 amide bonds. The number of hydrogen-bond acceptors (Lipinski definition) is 2. The minimum Gasteiger partial charge on any atom is -0.481 e. The molecule has 1 aromatic carbocycles. The molecule has 1 aromatic rings. The Bertz CT molecular complexity index is 348. The number of carboxylic acids is 1. The molecule has 0 fully saturated rings. The molecule has 0 heterocycles. The third-order valence-electron chi connectivity index (χ3n) is 1.83. The maximum atomic E-state index is 10.5. The van der Waals surface area contributed by atoms with E-state index < -0.39 is 5.97 Å². The Labute approximate surface area is 105 Å². The van der Waals surface area contributed by atoms with Crippen LogP contribution in [0.4, 0.5) is 5.69 Å². The lowest BCUT2D eigenvalue weighted by Crippen LogP contribution is -2.19. The third kappa shape index (κ3) is 3.83. The van der Waals surface area contributed by atoms with Gasteiger partial charge in [0.2, 0.25) is 0 Å². The van der Waals surface area contributed by atoms with E-state index >= 15 is 0 Å². The van der Waals surface area contributed by atoms with Gasteiger partial charge in [-0.15, -0.1) is 0 Å². The van der Waals surface area contributed by atoms with E-state index in [2.05, 4.69) is 37.2 Å². The van der Waals surface area contributed by atoms with Crippen molar-refractivity contribution in [1.29, 1.82) is 0 Å². The molecule has 82 valence electrons. The zero-order valence-electron chi connectivity index (χ0n) is 8.13. The molecule has 15 heavy (non-hydrogen) atoms. The number of carbonyl (C=O) groups is 1. The number of nitrogens with one attached hydrogen (secondary N) is 1. The van der Waals surface area contributed by atoms with Crippen LogP contribution in [0, 0.1) is 0 Å². The minimum atomic E-state index is -0.807. The molecule has 0 saturated heterocycles. The summed E-state index contributed by atoms with van der Waals surface area (Å²) in [6.45, 7) is 1.83. The highest BCUT2D eigenvalue weighted by molar-refractivity contribution is 9.11. The van der Waals surface area contributed by atoms with Crippen LogP contribution in [-0.4, -0.2) is 17.1 Å². The lowest BCUT2D eigenvalue weighted by molar-refractivity contribution is -0.137. The molecule has 1 unspecified atom stereocenters. The van der Waals surface area contributed by atoms with Gasteiger partial charge in [-0.25, -0.2) is 0 Å². The van der Waals surface area contributed by atoms with E-state index in [1.165, 1.54) is 0 Å². The van der Waals surface area contributed by atoms with Crippen LogP contribution in [0.2, 0.25) is 0 Å². The summed E-state index contributed by atoms with van der Waals surface area (Å²) in [5.74, 6) is -0.807. The number of anilines is 1. The molecule has 0 aromatic heterocycles. The van der Waals surface area contributed by atoms with Crippen LogP contribution in [0.15, 0.2) is 27.1 Å². The van der Waals surface area contributed by atoms with E-state index in [1.807, 2.05) is 25.1 Å². The Morgan fingerprint density at radius 3 is 2.47 bits per heavy atom. The Morgan fingerprint density at radius 2 is 2.00 bits per heavy atom. The van der Waals surface area contributed by atoms with Crippen molar-refractivity contribution in [2.75, 3.05) is 5.32 Å². The third-order valence-corrected chi connectivity index (χ3v) is 3.16. The van der Waals surface area contributed by atoms with Crippen molar-refractivity contribution >= 4 is 43.5 Å². The van der Waals surface area contributed by atoms with Gasteiger partial charge in [0.25, 0.3) is 0 Å². The standard InChI is InChI=1S/C10H11Br2NO2/c1-6(5-9(14)15)13-10-7(11)3-2-4-8(10)12/h2-4,6,13H,5H2,1H3,(H,14,15). The number of rotatable bonds is 4. The van der Waals surface area contributed by atoms with E-state index in [4.69, 9.17) is 5.11 Å². The molecule has 2 N–H and O–H groups in total. The van der Waals surface area contributed by atoms with Gasteiger partial charge in [-0.05, 0) is 50.9 Å². The summed E-state index contributed by atoms with van der Waals surface area (Å²) in [6, 6.07) is 5.60. The second-order valence-electron chi connectivity index (χ2n) is 3.24. The minimum absolute atomic E-state index is 0.0910. The van der Waals surface area contributed by atoms with Crippen LogP contribution in [0.25, 0.3) is 0 Å². The highest BCUT2D eigenvalue weighted by atomic mass is 79.9. The maximum absolute atomic E-state index is 10.5. The fourth-order valence-corrected chi connectivity index (χ4v) is 2.42. The van der Waals surface area contributed by atoms with Crippen LogP contribution in [-0.2, 0) is 4.79 Å². The summed E-state index contributed by atoms with van der Waals surface area (Å²) >= 11 is 6.80. The average Bonchev–Trinajstić information content (AvgIpc) is 2.10. The van der Waals surface area contributed by atoms with E-state index in [-0.39, 0.29) is 12.5 Å². The second-order valence-corrected chi connectivity index (χ2v) is 4.95. The summed E-state index contributed by atoms with van der Waals surface area (Å²) in [5.41, 5.74) is 0.881. The van der Waals surface area contributed by atoms with Crippen molar-refractivity contribution in [3.63, 3.8) is 0 Å². The molecular weight excluding hydrogens is 326 g/mol. The molecule has 3 nitrogen and oxygen atoms in total. The van der Waals surface area contributed by atoms with Gasteiger partial charge in [-0.2, -0.15) is 0 Å². The summed E-state index contributed by atoms with van der Waals surface area (Å²) < 4.78 is 1.82.